The lowest BCUT2D eigenvalue weighted by Gasteiger charge is -2.27. The van der Waals surface area contributed by atoms with Crippen molar-refractivity contribution in [3.05, 3.63) is 29.8 Å². The number of carbonyl (C=O) groups is 1. The summed E-state index contributed by atoms with van der Waals surface area (Å²) in [6.45, 7) is 11.7. The van der Waals surface area contributed by atoms with Crippen LogP contribution in [-0.2, 0) is 0 Å². The molecule has 0 spiro atoms. The fourth-order valence-electron chi connectivity index (χ4n) is 2.83. The maximum Gasteiger partial charge on any atom is 0.253 e. The highest BCUT2D eigenvalue weighted by Gasteiger charge is 2.33. The quantitative estimate of drug-likeness (QED) is 0.907. The second-order valence-corrected chi connectivity index (χ2v) is 7.11. The highest BCUT2D eigenvalue weighted by molar-refractivity contribution is 5.94. The zero-order valence-electron chi connectivity index (χ0n) is 13.8. The van der Waals surface area contributed by atoms with Crippen molar-refractivity contribution < 1.29 is 4.79 Å². The van der Waals surface area contributed by atoms with E-state index in [1.807, 2.05) is 29.2 Å². The van der Waals surface area contributed by atoms with Crippen LogP contribution in [0.25, 0.3) is 0 Å². The van der Waals surface area contributed by atoms with Gasteiger partial charge in [-0.05, 0) is 48.4 Å². The first-order valence-electron chi connectivity index (χ1n) is 8.05. The molecule has 3 nitrogen and oxygen atoms in total. The van der Waals surface area contributed by atoms with Gasteiger partial charge in [-0.3, -0.25) is 4.79 Å². The van der Waals surface area contributed by atoms with Gasteiger partial charge in [-0.2, -0.15) is 0 Å². The fourth-order valence-corrected chi connectivity index (χ4v) is 2.83. The molecule has 1 fully saturated rings. The Morgan fingerprint density at radius 1 is 1.29 bits per heavy atom. The van der Waals surface area contributed by atoms with E-state index >= 15 is 0 Å². The van der Waals surface area contributed by atoms with E-state index in [9.17, 15) is 4.79 Å². The minimum absolute atomic E-state index is 0.170. The zero-order valence-corrected chi connectivity index (χ0v) is 13.8. The Bertz CT molecular complexity index is 473. The van der Waals surface area contributed by atoms with Crippen molar-refractivity contribution in [1.82, 2.24) is 4.90 Å². The molecule has 2 rings (SSSR count). The number of hydrogen-bond donors (Lipinski definition) is 1. The van der Waals surface area contributed by atoms with Crippen LogP contribution in [0.15, 0.2) is 24.3 Å². The van der Waals surface area contributed by atoms with Gasteiger partial charge in [-0.25, -0.2) is 0 Å². The van der Waals surface area contributed by atoms with E-state index in [2.05, 4.69) is 33.0 Å². The smallest absolute Gasteiger partial charge is 0.253 e. The third-order valence-corrected chi connectivity index (χ3v) is 4.41. The number of rotatable bonds is 4. The number of benzene rings is 1. The van der Waals surface area contributed by atoms with Gasteiger partial charge in [0, 0.05) is 30.9 Å². The zero-order chi connectivity index (χ0) is 15.5. The highest BCUT2D eigenvalue weighted by Crippen LogP contribution is 2.34. The summed E-state index contributed by atoms with van der Waals surface area (Å²) in [6.07, 6.45) is 2.22. The van der Waals surface area contributed by atoms with Gasteiger partial charge in [0.1, 0.15) is 0 Å². The van der Waals surface area contributed by atoms with Gasteiger partial charge in [-0.1, -0.05) is 27.7 Å². The third kappa shape index (κ3) is 3.99. The van der Waals surface area contributed by atoms with Crippen molar-refractivity contribution in [2.75, 3.05) is 25.0 Å². The van der Waals surface area contributed by atoms with E-state index in [0.29, 0.717) is 5.92 Å². The molecule has 1 aromatic rings. The van der Waals surface area contributed by atoms with Gasteiger partial charge < -0.3 is 10.2 Å². The van der Waals surface area contributed by atoms with Gasteiger partial charge in [0.25, 0.3) is 5.91 Å². The average molecular weight is 288 g/mol. The molecule has 1 saturated heterocycles. The lowest BCUT2D eigenvalue weighted by molar-refractivity contribution is 0.0776. The molecular weight excluding hydrogens is 260 g/mol. The first-order chi connectivity index (χ1) is 9.91. The number of nitrogens with one attached hydrogen (secondary N) is 1. The molecule has 3 heteroatoms. The van der Waals surface area contributed by atoms with E-state index in [1.165, 1.54) is 0 Å². The maximum atomic E-state index is 12.6. The summed E-state index contributed by atoms with van der Waals surface area (Å²) >= 11 is 0. The van der Waals surface area contributed by atoms with Crippen LogP contribution < -0.4 is 5.32 Å². The van der Waals surface area contributed by atoms with E-state index < -0.39 is 0 Å². The summed E-state index contributed by atoms with van der Waals surface area (Å²) in [5.41, 5.74) is 2.16. The van der Waals surface area contributed by atoms with Gasteiger partial charge in [0.05, 0.1) is 0 Å². The Morgan fingerprint density at radius 2 is 1.95 bits per heavy atom. The summed E-state index contributed by atoms with van der Waals surface area (Å²) in [4.78, 5) is 14.6. The van der Waals surface area contributed by atoms with Crippen LogP contribution in [0.2, 0.25) is 0 Å². The van der Waals surface area contributed by atoms with Crippen molar-refractivity contribution in [2.45, 2.75) is 40.5 Å². The average Bonchev–Trinajstić information content (AvgIpc) is 2.95. The Kier molecular flexibility index (Phi) is 4.92. The first-order valence-corrected chi connectivity index (χ1v) is 8.05. The van der Waals surface area contributed by atoms with Crippen molar-refractivity contribution in [2.24, 2.45) is 11.3 Å². The SMILES string of the molecule is CCCNc1ccc(C(=O)N2CCC(C(C)(C)C)C2)cc1. The number of hydrogen-bond acceptors (Lipinski definition) is 2. The van der Waals surface area contributed by atoms with Crippen LogP contribution in [0.3, 0.4) is 0 Å². The summed E-state index contributed by atoms with van der Waals surface area (Å²) in [7, 11) is 0. The molecule has 21 heavy (non-hydrogen) atoms. The summed E-state index contributed by atoms with van der Waals surface area (Å²) < 4.78 is 0. The Labute approximate surface area is 128 Å². The molecule has 1 unspecified atom stereocenters. The molecule has 0 saturated carbocycles. The van der Waals surface area contributed by atoms with Crippen LogP contribution in [0.1, 0.15) is 50.9 Å². The van der Waals surface area contributed by atoms with Crippen molar-refractivity contribution >= 4 is 11.6 Å². The van der Waals surface area contributed by atoms with E-state index in [-0.39, 0.29) is 11.3 Å². The largest absolute Gasteiger partial charge is 0.385 e. The topological polar surface area (TPSA) is 32.3 Å². The van der Waals surface area contributed by atoms with Crippen molar-refractivity contribution in [3.63, 3.8) is 0 Å². The van der Waals surface area contributed by atoms with Gasteiger partial charge in [-0.15, -0.1) is 0 Å². The van der Waals surface area contributed by atoms with E-state index in [0.717, 1.165) is 43.7 Å². The Morgan fingerprint density at radius 3 is 2.48 bits per heavy atom. The summed E-state index contributed by atoms with van der Waals surface area (Å²) in [5.74, 6) is 0.774. The normalized spacial score (nSPS) is 18.9. The van der Waals surface area contributed by atoms with Crippen LogP contribution in [0.4, 0.5) is 5.69 Å². The van der Waals surface area contributed by atoms with E-state index in [4.69, 9.17) is 0 Å². The molecule has 116 valence electrons. The second kappa shape index (κ2) is 6.50. The van der Waals surface area contributed by atoms with E-state index in [1.54, 1.807) is 0 Å². The highest BCUT2D eigenvalue weighted by atomic mass is 16.2. The lowest BCUT2D eigenvalue weighted by Crippen LogP contribution is -2.31. The number of amides is 1. The molecule has 1 N–H and O–H groups in total. The van der Waals surface area contributed by atoms with Crippen LogP contribution in [-0.4, -0.2) is 30.4 Å². The maximum absolute atomic E-state index is 12.6. The minimum atomic E-state index is 0.170. The van der Waals surface area contributed by atoms with Gasteiger partial charge in [0.2, 0.25) is 0 Å². The summed E-state index contributed by atoms with van der Waals surface area (Å²) in [5, 5.41) is 3.33. The Balaban J connectivity index is 1.98. The predicted molar refractivity (Wildman–Crippen MR) is 88.7 cm³/mol. The third-order valence-electron chi connectivity index (χ3n) is 4.41. The number of likely N-dealkylation sites (tertiary alicyclic amines) is 1. The monoisotopic (exact) mass is 288 g/mol. The van der Waals surface area contributed by atoms with Gasteiger partial charge in [0.15, 0.2) is 0 Å². The standard InChI is InChI=1S/C18H28N2O/c1-5-11-19-16-8-6-14(7-9-16)17(21)20-12-10-15(13-20)18(2,3)4/h6-9,15,19H,5,10-13H2,1-4H3. The van der Waals surface area contributed by atoms with Crippen molar-refractivity contribution in [1.29, 1.82) is 0 Å². The number of nitrogens with zero attached hydrogens (tertiary/aromatic N) is 1. The molecule has 1 aliphatic rings. The second-order valence-electron chi connectivity index (χ2n) is 7.11. The van der Waals surface area contributed by atoms with Crippen LogP contribution >= 0.6 is 0 Å². The molecule has 0 aliphatic carbocycles. The number of carbonyl (C=O) groups excluding carboxylic acids is 1. The molecule has 1 heterocycles. The molecule has 1 aliphatic heterocycles. The van der Waals surface area contributed by atoms with Crippen LogP contribution in [0.5, 0.6) is 0 Å². The molecule has 1 aromatic carbocycles. The molecular formula is C18H28N2O. The fraction of sp³-hybridized carbons (Fsp3) is 0.611. The molecule has 0 radical (unpaired) electrons. The molecule has 1 amide bonds. The lowest BCUT2D eigenvalue weighted by atomic mass is 9.80. The molecule has 0 bridgehead atoms. The summed E-state index contributed by atoms with van der Waals surface area (Å²) in [6, 6.07) is 7.87. The van der Waals surface area contributed by atoms with Gasteiger partial charge >= 0.3 is 0 Å². The molecule has 0 aromatic heterocycles. The Hall–Kier alpha value is -1.51. The minimum Gasteiger partial charge on any atom is -0.385 e. The molecule has 1 atom stereocenters. The predicted octanol–water partition coefficient (Wildman–Crippen LogP) is 4.02. The van der Waals surface area contributed by atoms with Crippen LogP contribution in [0, 0.1) is 11.3 Å². The number of anilines is 1. The van der Waals surface area contributed by atoms with Crippen molar-refractivity contribution in [3.8, 4) is 0 Å². The first kappa shape index (κ1) is 15.9.